The molecule has 0 amide bonds. The van der Waals surface area contributed by atoms with Gasteiger partial charge in [0.05, 0.1) is 18.1 Å². The van der Waals surface area contributed by atoms with E-state index in [0.717, 1.165) is 12.0 Å². The summed E-state index contributed by atoms with van der Waals surface area (Å²) >= 11 is 0. The van der Waals surface area contributed by atoms with E-state index in [2.05, 4.69) is 13.8 Å². The van der Waals surface area contributed by atoms with Crippen LogP contribution in [0.2, 0.25) is 0 Å². The summed E-state index contributed by atoms with van der Waals surface area (Å²) in [5.41, 5.74) is -3.77. The van der Waals surface area contributed by atoms with Crippen molar-refractivity contribution in [2.24, 2.45) is 34.0 Å². The number of carbonyl (C=O) groups is 2. The fraction of sp³-hybridized carbons (Fsp3) is 0.778. The zero-order valence-electron chi connectivity index (χ0n) is 20.6. The summed E-state index contributed by atoms with van der Waals surface area (Å²) in [6.45, 7) is 10.3. The summed E-state index contributed by atoms with van der Waals surface area (Å²) in [5.74, 6) is -1.09. The molecule has 8 atom stereocenters. The maximum Gasteiger partial charge on any atom is 0.178 e. The minimum Gasteiger partial charge on any atom is -0.392 e. The molecule has 3 fully saturated rings. The van der Waals surface area contributed by atoms with Gasteiger partial charge in [-0.3, -0.25) is 9.59 Å². The molecule has 0 spiro atoms. The molecule has 0 radical (unpaired) electrons. The third-order valence-electron chi connectivity index (χ3n) is 9.88. The number of aliphatic hydroxyl groups excluding tert-OH is 2. The Morgan fingerprint density at radius 2 is 1.91 bits per heavy atom. The third-order valence-corrected chi connectivity index (χ3v) is 9.88. The molecule has 4 aliphatic carbocycles. The highest BCUT2D eigenvalue weighted by Gasteiger charge is 2.76. The lowest BCUT2D eigenvalue weighted by Gasteiger charge is -2.65. The lowest BCUT2D eigenvalue weighted by atomic mass is 9.40. The van der Waals surface area contributed by atoms with Crippen molar-refractivity contribution < 1.29 is 28.9 Å². The van der Waals surface area contributed by atoms with Crippen LogP contribution in [0.15, 0.2) is 23.8 Å². The average molecular weight is 463 g/mol. The molecule has 184 valence electrons. The first-order valence-electron chi connectivity index (χ1n) is 12.4. The SMILES string of the molecule is CC(C)CCOCC(=O)C1[C@H](O)C[C@@]2(C)[C@@H]3CCC4=CC(=O)C=C[C@]4(C)[C@@]3(F)[C@@H](O)C[C@]12C. The summed E-state index contributed by atoms with van der Waals surface area (Å²) in [4.78, 5) is 25.2. The lowest BCUT2D eigenvalue weighted by molar-refractivity contribution is -0.226. The van der Waals surface area contributed by atoms with Gasteiger partial charge in [0.25, 0.3) is 0 Å². The van der Waals surface area contributed by atoms with Gasteiger partial charge in [-0.1, -0.05) is 39.3 Å². The molecular formula is C27H39FO5. The molecule has 0 aromatic carbocycles. The average Bonchev–Trinajstić information content (AvgIpc) is 2.92. The van der Waals surface area contributed by atoms with Gasteiger partial charge in [-0.2, -0.15) is 0 Å². The van der Waals surface area contributed by atoms with Crippen LogP contribution in [0.4, 0.5) is 4.39 Å². The molecule has 3 saturated carbocycles. The first kappa shape index (κ1) is 24.7. The fourth-order valence-corrected chi connectivity index (χ4v) is 7.83. The van der Waals surface area contributed by atoms with Crippen molar-refractivity contribution >= 4 is 11.6 Å². The molecule has 6 heteroatoms. The van der Waals surface area contributed by atoms with Gasteiger partial charge < -0.3 is 14.9 Å². The Kier molecular flexibility index (Phi) is 6.07. The summed E-state index contributed by atoms with van der Waals surface area (Å²) in [5, 5.41) is 22.5. The normalized spacial score (nSPS) is 46.6. The Bertz CT molecular complexity index is 895. The quantitative estimate of drug-likeness (QED) is 0.584. The van der Waals surface area contributed by atoms with Gasteiger partial charge in [0, 0.05) is 17.9 Å². The van der Waals surface area contributed by atoms with Crippen molar-refractivity contribution in [2.45, 2.75) is 84.6 Å². The molecule has 2 N–H and O–H groups in total. The Hall–Kier alpha value is -1.37. The minimum atomic E-state index is -1.98. The maximum atomic E-state index is 17.2. The van der Waals surface area contributed by atoms with Crippen molar-refractivity contribution in [3.8, 4) is 0 Å². The highest BCUT2D eigenvalue weighted by atomic mass is 19.1. The lowest BCUT2D eigenvalue weighted by Crippen LogP contribution is -2.69. The second kappa shape index (κ2) is 8.10. The zero-order valence-corrected chi connectivity index (χ0v) is 20.6. The Balaban J connectivity index is 1.66. The molecule has 0 saturated heterocycles. The number of allylic oxidation sites excluding steroid dienone is 4. The summed E-state index contributed by atoms with van der Waals surface area (Å²) in [6.07, 6.45) is 4.62. The smallest absolute Gasteiger partial charge is 0.178 e. The van der Waals surface area contributed by atoms with Crippen molar-refractivity contribution in [3.05, 3.63) is 23.8 Å². The van der Waals surface area contributed by atoms with Gasteiger partial charge in [0.15, 0.2) is 17.2 Å². The predicted molar refractivity (Wildman–Crippen MR) is 123 cm³/mol. The standard InChI is InChI=1S/C27H39FO5/c1-16(2)9-11-33-15-20(31)23-19(30)13-25(4)21-7-6-17-12-18(29)8-10-24(17,3)27(21,28)22(32)14-26(23,25)5/h8,10,12,16,19,21-23,30,32H,6-7,9,11,13-15H2,1-5H3/t19-,21+,22+,23?,24+,25+,26-,27+/m1/s1. The summed E-state index contributed by atoms with van der Waals surface area (Å²) < 4.78 is 22.9. The Labute approximate surface area is 196 Å². The molecule has 1 unspecified atom stereocenters. The molecule has 0 heterocycles. The summed E-state index contributed by atoms with van der Waals surface area (Å²) in [7, 11) is 0. The molecule has 5 nitrogen and oxygen atoms in total. The van der Waals surface area contributed by atoms with E-state index in [-0.39, 0.29) is 24.6 Å². The van der Waals surface area contributed by atoms with Crippen molar-refractivity contribution in [1.82, 2.24) is 0 Å². The van der Waals surface area contributed by atoms with Crippen LogP contribution in [0.5, 0.6) is 0 Å². The van der Waals surface area contributed by atoms with E-state index in [9.17, 15) is 19.8 Å². The van der Waals surface area contributed by atoms with Gasteiger partial charge >= 0.3 is 0 Å². The molecule has 0 bridgehead atoms. The van der Waals surface area contributed by atoms with Crippen LogP contribution in [0, 0.1) is 34.0 Å². The van der Waals surface area contributed by atoms with E-state index < -0.39 is 46.0 Å². The first-order valence-corrected chi connectivity index (χ1v) is 12.4. The first-order chi connectivity index (χ1) is 15.3. The number of ether oxygens (including phenoxy) is 1. The number of ketones is 2. The molecule has 0 aromatic rings. The Morgan fingerprint density at radius 1 is 1.21 bits per heavy atom. The molecule has 0 aromatic heterocycles. The minimum absolute atomic E-state index is 0.0723. The van der Waals surface area contributed by atoms with Crippen LogP contribution in [0.25, 0.3) is 0 Å². The number of hydrogen-bond donors (Lipinski definition) is 2. The molecule has 4 aliphatic rings. The Morgan fingerprint density at radius 3 is 2.58 bits per heavy atom. The third kappa shape index (κ3) is 3.35. The number of carbonyl (C=O) groups excluding carboxylic acids is 2. The van der Waals surface area contributed by atoms with Gasteiger partial charge in [-0.15, -0.1) is 0 Å². The number of Topliss-reactive ketones (excluding diaryl/α,β-unsaturated/α-hetero) is 1. The number of halogens is 1. The van der Waals surface area contributed by atoms with Crippen LogP contribution in [-0.2, 0) is 14.3 Å². The van der Waals surface area contributed by atoms with E-state index >= 15 is 4.39 Å². The van der Waals surface area contributed by atoms with E-state index in [0.29, 0.717) is 31.8 Å². The van der Waals surface area contributed by atoms with E-state index in [4.69, 9.17) is 4.74 Å². The topological polar surface area (TPSA) is 83.8 Å². The predicted octanol–water partition coefficient (Wildman–Crippen LogP) is 3.97. The number of aliphatic hydroxyl groups is 2. The van der Waals surface area contributed by atoms with Crippen LogP contribution < -0.4 is 0 Å². The van der Waals surface area contributed by atoms with Gasteiger partial charge in [0.1, 0.15) is 6.61 Å². The summed E-state index contributed by atoms with van der Waals surface area (Å²) in [6, 6.07) is 0. The van der Waals surface area contributed by atoms with Gasteiger partial charge in [-0.05, 0) is 67.9 Å². The van der Waals surface area contributed by atoms with E-state index in [1.165, 1.54) is 12.2 Å². The zero-order chi connectivity index (χ0) is 24.4. The number of alkyl halides is 1. The highest BCUT2D eigenvalue weighted by Crippen LogP contribution is 2.73. The van der Waals surface area contributed by atoms with Gasteiger partial charge in [0.2, 0.25) is 0 Å². The molecule has 0 aliphatic heterocycles. The molecule has 33 heavy (non-hydrogen) atoms. The van der Waals surface area contributed by atoms with Crippen LogP contribution >= 0.6 is 0 Å². The number of fused-ring (bicyclic) bond motifs is 5. The van der Waals surface area contributed by atoms with E-state index in [1.54, 1.807) is 13.0 Å². The molecular weight excluding hydrogens is 423 g/mol. The molecule has 4 rings (SSSR count). The van der Waals surface area contributed by atoms with Crippen LogP contribution in [0.1, 0.15) is 66.7 Å². The number of hydrogen-bond acceptors (Lipinski definition) is 5. The van der Waals surface area contributed by atoms with Crippen LogP contribution in [-0.4, -0.2) is 52.9 Å². The largest absolute Gasteiger partial charge is 0.392 e. The number of rotatable bonds is 6. The van der Waals surface area contributed by atoms with Crippen molar-refractivity contribution in [2.75, 3.05) is 13.2 Å². The maximum absolute atomic E-state index is 17.2. The highest BCUT2D eigenvalue weighted by molar-refractivity contribution is 6.01. The van der Waals surface area contributed by atoms with E-state index in [1.807, 2.05) is 13.8 Å². The second-order valence-corrected chi connectivity index (χ2v) is 12.0. The monoisotopic (exact) mass is 462 g/mol. The van der Waals surface area contributed by atoms with Crippen LogP contribution in [0.3, 0.4) is 0 Å². The fourth-order valence-electron chi connectivity index (χ4n) is 7.83. The van der Waals surface area contributed by atoms with Gasteiger partial charge in [-0.25, -0.2) is 4.39 Å². The van der Waals surface area contributed by atoms with Crippen molar-refractivity contribution in [3.63, 3.8) is 0 Å². The van der Waals surface area contributed by atoms with Crippen molar-refractivity contribution in [1.29, 1.82) is 0 Å². The second-order valence-electron chi connectivity index (χ2n) is 12.0.